The Bertz CT molecular complexity index is 533. The van der Waals surface area contributed by atoms with E-state index in [4.69, 9.17) is 0 Å². The van der Waals surface area contributed by atoms with Gasteiger partial charge in [-0.2, -0.15) is 15.4 Å². The van der Waals surface area contributed by atoms with Crippen LogP contribution in [0.2, 0.25) is 0 Å². The Morgan fingerprint density at radius 1 is 1.18 bits per heavy atom. The van der Waals surface area contributed by atoms with Gasteiger partial charge < -0.3 is 5.32 Å². The summed E-state index contributed by atoms with van der Waals surface area (Å²) in [5, 5.41) is 14.3. The highest BCUT2D eigenvalue weighted by Gasteiger charge is 2.15. The smallest absolute Gasteiger partial charge is 0.115 e. The minimum atomic E-state index is 0.560. The van der Waals surface area contributed by atoms with E-state index in [1.165, 1.54) is 18.4 Å². The summed E-state index contributed by atoms with van der Waals surface area (Å²) in [5.74, 6) is 0. The number of fused-ring (bicyclic) bond motifs is 1. The van der Waals surface area contributed by atoms with Crippen molar-refractivity contribution >= 4 is 16.7 Å². The van der Waals surface area contributed by atoms with Crippen LogP contribution in [0.15, 0.2) is 30.4 Å². The van der Waals surface area contributed by atoms with Crippen LogP contribution >= 0.6 is 0 Å². The van der Waals surface area contributed by atoms with E-state index >= 15 is 0 Å². The molecule has 0 unspecified atom stereocenters. The first-order valence-corrected chi connectivity index (χ1v) is 6.05. The van der Waals surface area contributed by atoms with Crippen molar-refractivity contribution in [2.75, 3.05) is 5.32 Å². The van der Waals surface area contributed by atoms with Gasteiger partial charge in [0.15, 0.2) is 0 Å². The second-order valence-electron chi connectivity index (χ2n) is 4.70. The van der Waals surface area contributed by atoms with Crippen LogP contribution in [0.25, 0.3) is 11.0 Å². The van der Waals surface area contributed by atoms with E-state index in [0.29, 0.717) is 6.04 Å². The number of aromatic amines is 1. The van der Waals surface area contributed by atoms with Gasteiger partial charge in [-0.3, -0.25) is 0 Å². The fourth-order valence-electron chi connectivity index (χ4n) is 2.34. The van der Waals surface area contributed by atoms with Gasteiger partial charge in [0.25, 0.3) is 0 Å². The van der Waals surface area contributed by atoms with Gasteiger partial charge in [0.1, 0.15) is 11.0 Å². The number of rotatable bonds is 2. The van der Waals surface area contributed by atoms with Crippen molar-refractivity contribution in [1.29, 1.82) is 0 Å². The maximum atomic E-state index is 4.09. The third-order valence-electron chi connectivity index (χ3n) is 3.38. The van der Waals surface area contributed by atoms with Gasteiger partial charge in [-0.25, -0.2) is 0 Å². The van der Waals surface area contributed by atoms with Gasteiger partial charge in [0.05, 0.1) is 0 Å². The standard InChI is InChI=1S/C13H16N4/c1-9-2-4-10(5-3-9)14-11-6-7-12-13(8-11)16-17-15-12/h6-8,10,14H,1-5H2,(H,15,16,17). The number of nitrogens with zero attached hydrogens (tertiary/aromatic N) is 2. The molecule has 1 saturated carbocycles. The second kappa shape index (κ2) is 4.20. The number of H-pyrrole nitrogens is 1. The molecule has 0 atom stereocenters. The van der Waals surface area contributed by atoms with Crippen LogP contribution in [0.3, 0.4) is 0 Å². The molecule has 1 aliphatic rings. The lowest BCUT2D eigenvalue weighted by Gasteiger charge is -2.25. The molecular weight excluding hydrogens is 212 g/mol. The predicted molar refractivity (Wildman–Crippen MR) is 68.9 cm³/mol. The summed E-state index contributed by atoms with van der Waals surface area (Å²) >= 11 is 0. The SMILES string of the molecule is C=C1CCC(Nc2ccc3n[nH]nc3c2)CC1. The Labute approximate surface area is 100 Å². The lowest BCUT2D eigenvalue weighted by atomic mass is 9.92. The highest BCUT2D eigenvalue weighted by Crippen LogP contribution is 2.25. The molecule has 0 amide bonds. The molecule has 1 fully saturated rings. The topological polar surface area (TPSA) is 53.6 Å². The number of anilines is 1. The van der Waals surface area contributed by atoms with Crippen molar-refractivity contribution in [3.8, 4) is 0 Å². The van der Waals surface area contributed by atoms with Gasteiger partial charge in [0.2, 0.25) is 0 Å². The van der Waals surface area contributed by atoms with Crippen LogP contribution in [0, 0.1) is 0 Å². The Hall–Kier alpha value is -1.84. The van der Waals surface area contributed by atoms with Crippen molar-refractivity contribution < 1.29 is 0 Å². The molecule has 0 spiro atoms. The van der Waals surface area contributed by atoms with E-state index in [2.05, 4.69) is 33.4 Å². The first-order valence-electron chi connectivity index (χ1n) is 6.05. The fourth-order valence-corrected chi connectivity index (χ4v) is 2.34. The molecule has 1 aromatic heterocycles. The van der Waals surface area contributed by atoms with Crippen LogP contribution in [-0.2, 0) is 0 Å². The average molecular weight is 228 g/mol. The highest BCUT2D eigenvalue weighted by molar-refractivity contribution is 5.77. The molecule has 88 valence electrons. The van der Waals surface area contributed by atoms with Crippen LogP contribution in [0.1, 0.15) is 25.7 Å². The van der Waals surface area contributed by atoms with Gasteiger partial charge in [-0.15, -0.1) is 0 Å². The minimum Gasteiger partial charge on any atom is -0.382 e. The van der Waals surface area contributed by atoms with Gasteiger partial charge in [0, 0.05) is 11.7 Å². The van der Waals surface area contributed by atoms with E-state index in [-0.39, 0.29) is 0 Å². The van der Waals surface area contributed by atoms with E-state index in [1.807, 2.05) is 12.1 Å². The summed E-state index contributed by atoms with van der Waals surface area (Å²) in [5.41, 5.74) is 4.33. The molecular formula is C13H16N4. The monoisotopic (exact) mass is 228 g/mol. The van der Waals surface area contributed by atoms with Crippen LogP contribution in [0.4, 0.5) is 5.69 Å². The largest absolute Gasteiger partial charge is 0.382 e. The quantitative estimate of drug-likeness (QED) is 0.777. The lowest BCUT2D eigenvalue weighted by Crippen LogP contribution is -2.22. The molecule has 4 nitrogen and oxygen atoms in total. The summed E-state index contributed by atoms with van der Waals surface area (Å²) in [7, 11) is 0. The van der Waals surface area contributed by atoms with Crippen LogP contribution < -0.4 is 5.32 Å². The van der Waals surface area contributed by atoms with Gasteiger partial charge >= 0.3 is 0 Å². The zero-order chi connectivity index (χ0) is 11.7. The fraction of sp³-hybridized carbons (Fsp3) is 0.385. The Balaban J connectivity index is 1.73. The molecule has 4 heteroatoms. The average Bonchev–Trinajstić information content (AvgIpc) is 2.79. The van der Waals surface area contributed by atoms with E-state index < -0.39 is 0 Å². The van der Waals surface area contributed by atoms with Crippen molar-refractivity contribution in [2.24, 2.45) is 0 Å². The molecule has 0 aliphatic heterocycles. The Morgan fingerprint density at radius 2 is 1.94 bits per heavy atom. The van der Waals surface area contributed by atoms with E-state index in [9.17, 15) is 0 Å². The zero-order valence-electron chi connectivity index (χ0n) is 9.74. The van der Waals surface area contributed by atoms with Gasteiger partial charge in [-0.05, 0) is 43.9 Å². The summed E-state index contributed by atoms with van der Waals surface area (Å²) in [6.07, 6.45) is 4.64. The van der Waals surface area contributed by atoms with Crippen LogP contribution in [-0.4, -0.2) is 21.5 Å². The molecule has 1 aliphatic carbocycles. The Morgan fingerprint density at radius 3 is 2.76 bits per heavy atom. The van der Waals surface area contributed by atoms with Gasteiger partial charge in [-0.1, -0.05) is 12.2 Å². The third-order valence-corrected chi connectivity index (χ3v) is 3.38. The molecule has 1 aromatic carbocycles. The number of hydrogen-bond donors (Lipinski definition) is 2. The molecule has 1 heterocycles. The normalized spacial score (nSPS) is 17.5. The molecule has 17 heavy (non-hydrogen) atoms. The second-order valence-corrected chi connectivity index (χ2v) is 4.70. The van der Waals surface area contributed by atoms with Crippen molar-refractivity contribution in [3.05, 3.63) is 30.4 Å². The minimum absolute atomic E-state index is 0.560. The summed E-state index contributed by atoms with van der Waals surface area (Å²) in [6, 6.07) is 6.66. The predicted octanol–water partition coefficient (Wildman–Crippen LogP) is 2.87. The maximum Gasteiger partial charge on any atom is 0.115 e. The molecule has 0 radical (unpaired) electrons. The number of hydrogen-bond acceptors (Lipinski definition) is 3. The first-order chi connectivity index (χ1) is 8.31. The zero-order valence-corrected chi connectivity index (χ0v) is 9.74. The summed E-state index contributed by atoms with van der Waals surface area (Å²) in [6.45, 7) is 4.04. The lowest BCUT2D eigenvalue weighted by molar-refractivity contribution is 0.541. The molecule has 0 saturated heterocycles. The third kappa shape index (κ3) is 2.16. The number of aromatic nitrogens is 3. The summed E-state index contributed by atoms with van der Waals surface area (Å²) < 4.78 is 0. The summed E-state index contributed by atoms with van der Waals surface area (Å²) in [4.78, 5) is 0. The Kier molecular flexibility index (Phi) is 2.55. The molecule has 3 rings (SSSR count). The molecule has 2 aromatic rings. The number of benzene rings is 1. The van der Waals surface area contributed by atoms with Crippen molar-refractivity contribution in [2.45, 2.75) is 31.7 Å². The van der Waals surface area contributed by atoms with E-state index in [1.54, 1.807) is 0 Å². The van der Waals surface area contributed by atoms with Crippen molar-refractivity contribution in [3.63, 3.8) is 0 Å². The maximum absolute atomic E-state index is 4.09. The van der Waals surface area contributed by atoms with E-state index in [0.717, 1.165) is 29.6 Å². The number of nitrogens with one attached hydrogen (secondary N) is 2. The molecule has 2 N–H and O–H groups in total. The molecule has 0 bridgehead atoms. The first kappa shape index (κ1) is 10.3. The van der Waals surface area contributed by atoms with Crippen molar-refractivity contribution in [1.82, 2.24) is 15.4 Å². The highest BCUT2D eigenvalue weighted by atomic mass is 15.3. The number of allylic oxidation sites excluding steroid dienone is 1. The van der Waals surface area contributed by atoms with Crippen LogP contribution in [0.5, 0.6) is 0 Å².